The number of ether oxygens (including phenoxy) is 1. The summed E-state index contributed by atoms with van der Waals surface area (Å²) in [5.41, 5.74) is 0. The number of aliphatic hydroxyl groups is 1. The second kappa shape index (κ2) is 5.59. The van der Waals surface area contributed by atoms with Gasteiger partial charge in [0, 0.05) is 12.5 Å². The molecule has 0 saturated carbocycles. The molecule has 1 N–H and O–H groups in total. The molecule has 0 aromatic carbocycles. The average molecular weight is 295 g/mol. The normalized spacial score (nSPS) is 40.4. The fourth-order valence-corrected chi connectivity index (χ4v) is 4.47. The molecule has 3 fully saturated rings. The van der Waals surface area contributed by atoms with E-state index in [9.17, 15) is 14.7 Å². The Bertz CT molecular complexity index is 436. The number of fused-ring (bicyclic) bond motifs is 1. The van der Waals surface area contributed by atoms with Gasteiger partial charge in [-0.2, -0.15) is 0 Å². The molecule has 0 aromatic heterocycles. The van der Waals surface area contributed by atoms with Crippen LogP contribution in [0.3, 0.4) is 0 Å². The van der Waals surface area contributed by atoms with Gasteiger partial charge in [0.15, 0.2) is 0 Å². The van der Waals surface area contributed by atoms with Crippen LogP contribution in [0.25, 0.3) is 0 Å². The summed E-state index contributed by atoms with van der Waals surface area (Å²) >= 11 is 0. The third-order valence-corrected chi connectivity index (χ3v) is 5.44. The molecule has 0 radical (unpaired) electrons. The van der Waals surface area contributed by atoms with Crippen LogP contribution in [0.4, 0.5) is 0 Å². The summed E-state index contributed by atoms with van der Waals surface area (Å²) < 4.78 is 5.31. The Morgan fingerprint density at radius 3 is 2.52 bits per heavy atom. The maximum Gasteiger partial charge on any atom is 0.309 e. The molecule has 0 unspecified atom stereocenters. The number of nitrogens with zero attached hydrogens (tertiary/aromatic N) is 1. The summed E-state index contributed by atoms with van der Waals surface area (Å²) in [6, 6.07) is 0.111. The molecule has 1 amide bonds. The summed E-state index contributed by atoms with van der Waals surface area (Å²) in [4.78, 5) is 25.9. The lowest BCUT2D eigenvalue weighted by molar-refractivity contribution is -0.149. The molecule has 5 atom stereocenters. The van der Waals surface area contributed by atoms with E-state index >= 15 is 0 Å². The first-order valence-corrected chi connectivity index (χ1v) is 8.17. The lowest BCUT2D eigenvalue weighted by Crippen LogP contribution is -2.50. The molecule has 0 spiro atoms. The quantitative estimate of drug-likeness (QED) is 0.784. The van der Waals surface area contributed by atoms with Gasteiger partial charge in [0.1, 0.15) is 12.2 Å². The predicted octanol–water partition coefficient (Wildman–Crippen LogP) is 1.48. The molecule has 3 aliphatic heterocycles. The minimum atomic E-state index is -0.769. The molecule has 5 nitrogen and oxygen atoms in total. The van der Waals surface area contributed by atoms with E-state index in [1.54, 1.807) is 0 Å². The van der Waals surface area contributed by atoms with E-state index < -0.39 is 12.2 Å². The first kappa shape index (κ1) is 14.8. The minimum Gasteiger partial charge on any atom is -0.457 e. The van der Waals surface area contributed by atoms with Gasteiger partial charge in [-0.1, -0.05) is 13.8 Å². The number of carbonyl (C=O) groups is 2. The first-order valence-electron chi connectivity index (χ1n) is 8.17. The molecule has 3 heterocycles. The lowest BCUT2D eigenvalue weighted by Gasteiger charge is -2.36. The van der Waals surface area contributed by atoms with Gasteiger partial charge in [-0.05, 0) is 37.5 Å². The molecule has 0 aliphatic carbocycles. The molecule has 118 valence electrons. The highest BCUT2D eigenvalue weighted by Gasteiger charge is 2.50. The third-order valence-electron chi connectivity index (χ3n) is 5.44. The molecule has 5 heteroatoms. The van der Waals surface area contributed by atoms with Gasteiger partial charge in [0.25, 0.3) is 0 Å². The Kier molecular flexibility index (Phi) is 3.95. The lowest BCUT2D eigenvalue weighted by atomic mass is 9.84. The van der Waals surface area contributed by atoms with Gasteiger partial charge < -0.3 is 14.7 Å². The van der Waals surface area contributed by atoms with E-state index in [1.807, 2.05) is 4.90 Å². The summed E-state index contributed by atoms with van der Waals surface area (Å²) in [5, 5.41) is 10.1. The van der Waals surface area contributed by atoms with Crippen LogP contribution in [0, 0.1) is 11.8 Å². The van der Waals surface area contributed by atoms with Gasteiger partial charge in [-0.25, -0.2) is 0 Å². The predicted molar refractivity (Wildman–Crippen MR) is 76.3 cm³/mol. The second-order valence-electron chi connectivity index (χ2n) is 7.04. The van der Waals surface area contributed by atoms with Crippen LogP contribution in [0.2, 0.25) is 0 Å². The maximum atomic E-state index is 12.5. The van der Waals surface area contributed by atoms with Gasteiger partial charge >= 0.3 is 5.97 Å². The third kappa shape index (κ3) is 2.56. The Hall–Kier alpha value is -1.10. The van der Waals surface area contributed by atoms with Crippen LogP contribution in [0.15, 0.2) is 0 Å². The molecule has 3 saturated heterocycles. The molecule has 0 bridgehead atoms. The van der Waals surface area contributed by atoms with Crippen molar-refractivity contribution in [2.24, 2.45) is 11.8 Å². The van der Waals surface area contributed by atoms with Gasteiger partial charge in [0.05, 0.1) is 12.5 Å². The number of cyclic esters (lactones) is 1. The molecule has 3 aliphatic rings. The van der Waals surface area contributed by atoms with Crippen molar-refractivity contribution in [2.45, 2.75) is 76.7 Å². The fraction of sp³-hybridized carbons (Fsp3) is 0.875. The summed E-state index contributed by atoms with van der Waals surface area (Å²) in [5.74, 6) is 0.869. The van der Waals surface area contributed by atoms with E-state index in [-0.39, 0.29) is 30.4 Å². The number of hydrogen-bond donors (Lipinski definition) is 1. The van der Waals surface area contributed by atoms with Crippen LogP contribution in [-0.2, 0) is 14.3 Å². The number of esters is 1. The fourth-order valence-electron chi connectivity index (χ4n) is 4.47. The Morgan fingerprint density at radius 1 is 1.19 bits per heavy atom. The number of amides is 1. The standard InChI is InChI=1S/C16H25NO4/c1-9(2)10-4-3-5-14(19)17-11(10)6-7-12(17)16-13(18)8-15(20)21-16/h9-13,16,18H,3-8H2,1-2H3/t10-,11-,12+,13+,16+/m1/s1. The Balaban J connectivity index is 1.84. The highest BCUT2D eigenvalue weighted by atomic mass is 16.6. The minimum absolute atomic E-state index is 0.0570. The number of carbonyl (C=O) groups excluding carboxylic acids is 2. The van der Waals surface area contributed by atoms with Crippen molar-refractivity contribution in [1.82, 2.24) is 4.90 Å². The van der Waals surface area contributed by atoms with Crippen molar-refractivity contribution in [2.75, 3.05) is 0 Å². The maximum absolute atomic E-state index is 12.5. The molecule has 21 heavy (non-hydrogen) atoms. The topological polar surface area (TPSA) is 66.8 Å². The van der Waals surface area contributed by atoms with E-state index in [2.05, 4.69) is 13.8 Å². The number of hydrogen-bond acceptors (Lipinski definition) is 4. The zero-order chi connectivity index (χ0) is 15.1. The molecular formula is C16H25NO4. The molecular weight excluding hydrogens is 270 g/mol. The summed E-state index contributed by atoms with van der Waals surface area (Å²) in [7, 11) is 0. The van der Waals surface area contributed by atoms with Crippen LogP contribution in [-0.4, -0.2) is 46.2 Å². The van der Waals surface area contributed by atoms with Crippen LogP contribution >= 0.6 is 0 Å². The zero-order valence-electron chi connectivity index (χ0n) is 12.8. The van der Waals surface area contributed by atoms with Crippen molar-refractivity contribution in [3.8, 4) is 0 Å². The Labute approximate surface area is 125 Å². The number of rotatable bonds is 2. The van der Waals surface area contributed by atoms with E-state index in [0.717, 1.165) is 25.7 Å². The summed E-state index contributed by atoms with van der Waals surface area (Å²) in [6.07, 6.45) is 3.15. The van der Waals surface area contributed by atoms with Crippen molar-refractivity contribution >= 4 is 11.9 Å². The van der Waals surface area contributed by atoms with Crippen molar-refractivity contribution < 1.29 is 19.4 Å². The van der Waals surface area contributed by atoms with Crippen molar-refractivity contribution in [3.63, 3.8) is 0 Å². The molecule has 3 rings (SSSR count). The van der Waals surface area contributed by atoms with Crippen LogP contribution in [0.5, 0.6) is 0 Å². The SMILES string of the molecule is CC(C)[C@H]1CCCC(=O)N2[C@@H]1CC[C@H]2[C@@H]1OC(=O)C[C@@H]1O. The Morgan fingerprint density at radius 2 is 1.90 bits per heavy atom. The second-order valence-corrected chi connectivity index (χ2v) is 7.04. The largest absolute Gasteiger partial charge is 0.457 e. The monoisotopic (exact) mass is 295 g/mol. The van der Waals surface area contributed by atoms with Gasteiger partial charge in [-0.15, -0.1) is 0 Å². The highest BCUT2D eigenvalue weighted by Crippen LogP contribution is 2.41. The van der Waals surface area contributed by atoms with Crippen molar-refractivity contribution in [3.05, 3.63) is 0 Å². The number of aliphatic hydroxyl groups excluding tert-OH is 1. The zero-order valence-corrected chi connectivity index (χ0v) is 12.8. The average Bonchev–Trinajstić information content (AvgIpc) is 2.92. The summed E-state index contributed by atoms with van der Waals surface area (Å²) in [6.45, 7) is 4.44. The van der Waals surface area contributed by atoms with Gasteiger partial charge in [0.2, 0.25) is 5.91 Å². The highest BCUT2D eigenvalue weighted by molar-refractivity contribution is 5.78. The van der Waals surface area contributed by atoms with E-state index in [4.69, 9.17) is 4.74 Å². The smallest absolute Gasteiger partial charge is 0.309 e. The van der Waals surface area contributed by atoms with Crippen LogP contribution in [0.1, 0.15) is 52.4 Å². The van der Waals surface area contributed by atoms with E-state index in [1.165, 1.54) is 0 Å². The van der Waals surface area contributed by atoms with Crippen molar-refractivity contribution in [1.29, 1.82) is 0 Å². The molecule has 0 aromatic rings. The van der Waals surface area contributed by atoms with E-state index in [0.29, 0.717) is 18.3 Å². The van der Waals surface area contributed by atoms with Gasteiger partial charge in [-0.3, -0.25) is 9.59 Å². The van der Waals surface area contributed by atoms with Crippen LogP contribution < -0.4 is 0 Å². The first-order chi connectivity index (χ1) is 9.99.